The Morgan fingerprint density at radius 1 is 1.26 bits per heavy atom. The third-order valence-corrected chi connectivity index (χ3v) is 2.89. The van der Waals surface area contributed by atoms with E-state index in [4.69, 9.17) is 0 Å². The number of benzene rings is 1. The predicted octanol–water partition coefficient (Wildman–Crippen LogP) is 1.73. The molecule has 5 nitrogen and oxygen atoms in total. The number of urea groups is 1. The first-order chi connectivity index (χ1) is 9.15. The lowest BCUT2D eigenvalue weighted by molar-refractivity contribution is 0.240. The van der Waals surface area contributed by atoms with Crippen LogP contribution in [0.3, 0.4) is 0 Å². The van der Waals surface area contributed by atoms with E-state index in [1.807, 2.05) is 38.2 Å². The Hall–Kier alpha value is -2.30. The van der Waals surface area contributed by atoms with Gasteiger partial charge < -0.3 is 10.6 Å². The number of carbonyl (C=O) groups excluding carboxylic acids is 1. The number of rotatable bonds is 4. The monoisotopic (exact) mass is 258 g/mol. The molecule has 0 saturated heterocycles. The molecule has 0 atom stereocenters. The molecule has 0 aliphatic heterocycles. The molecule has 1 heterocycles. The van der Waals surface area contributed by atoms with Crippen molar-refractivity contribution >= 4 is 6.03 Å². The minimum Gasteiger partial charge on any atom is -0.334 e. The molecule has 100 valence electrons. The van der Waals surface area contributed by atoms with Crippen molar-refractivity contribution < 1.29 is 4.79 Å². The van der Waals surface area contributed by atoms with Gasteiger partial charge in [0.25, 0.3) is 0 Å². The molecule has 0 fully saturated rings. The maximum Gasteiger partial charge on any atom is 0.315 e. The van der Waals surface area contributed by atoms with E-state index in [-0.39, 0.29) is 6.03 Å². The van der Waals surface area contributed by atoms with Crippen LogP contribution in [0.15, 0.2) is 36.5 Å². The Labute approximate surface area is 112 Å². The second-order valence-corrected chi connectivity index (χ2v) is 4.47. The van der Waals surface area contributed by atoms with E-state index in [0.717, 1.165) is 11.3 Å². The summed E-state index contributed by atoms with van der Waals surface area (Å²) in [4.78, 5) is 11.7. The lowest BCUT2D eigenvalue weighted by Gasteiger charge is -2.08. The summed E-state index contributed by atoms with van der Waals surface area (Å²) >= 11 is 0. The number of hydrogen-bond acceptors (Lipinski definition) is 2. The van der Waals surface area contributed by atoms with Gasteiger partial charge in [0, 0.05) is 19.8 Å². The molecular formula is C14H18N4O. The third kappa shape index (κ3) is 3.84. The van der Waals surface area contributed by atoms with Gasteiger partial charge in [-0.3, -0.25) is 4.68 Å². The molecule has 0 aliphatic rings. The molecule has 2 rings (SSSR count). The smallest absolute Gasteiger partial charge is 0.315 e. The van der Waals surface area contributed by atoms with E-state index < -0.39 is 0 Å². The van der Waals surface area contributed by atoms with Crippen molar-refractivity contribution in [3.63, 3.8) is 0 Å². The highest BCUT2D eigenvalue weighted by Gasteiger charge is 2.03. The van der Waals surface area contributed by atoms with Crippen molar-refractivity contribution in [2.45, 2.75) is 20.0 Å². The van der Waals surface area contributed by atoms with Gasteiger partial charge >= 0.3 is 6.03 Å². The zero-order valence-electron chi connectivity index (χ0n) is 11.2. The van der Waals surface area contributed by atoms with E-state index in [2.05, 4.69) is 21.8 Å². The fourth-order valence-corrected chi connectivity index (χ4v) is 1.81. The standard InChI is InChI=1S/C14H18N4O/c1-11-4-3-5-12(8-11)9-15-14(19)16-10-13-6-7-17-18(13)2/h3-8H,9-10H2,1-2H3,(H2,15,16,19). The maximum atomic E-state index is 11.7. The number of nitrogens with zero attached hydrogens (tertiary/aromatic N) is 2. The third-order valence-electron chi connectivity index (χ3n) is 2.89. The normalized spacial score (nSPS) is 10.2. The summed E-state index contributed by atoms with van der Waals surface area (Å²) in [6, 6.07) is 9.77. The molecule has 0 radical (unpaired) electrons. The second kappa shape index (κ2) is 6.04. The first kappa shape index (κ1) is 13.1. The molecule has 2 aromatic rings. The zero-order valence-corrected chi connectivity index (χ0v) is 11.2. The van der Waals surface area contributed by atoms with Gasteiger partial charge in [-0.15, -0.1) is 0 Å². The van der Waals surface area contributed by atoms with Crippen LogP contribution < -0.4 is 10.6 Å². The molecule has 1 aromatic carbocycles. The van der Waals surface area contributed by atoms with Gasteiger partial charge in [0.2, 0.25) is 0 Å². The summed E-state index contributed by atoms with van der Waals surface area (Å²) in [5, 5.41) is 9.67. The Morgan fingerprint density at radius 3 is 2.74 bits per heavy atom. The summed E-state index contributed by atoms with van der Waals surface area (Å²) in [5.74, 6) is 0. The lowest BCUT2D eigenvalue weighted by atomic mass is 10.1. The summed E-state index contributed by atoms with van der Waals surface area (Å²) in [7, 11) is 1.85. The van der Waals surface area contributed by atoms with Crippen LogP contribution in [0, 0.1) is 6.92 Å². The molecule has 0 spiro atoms. The van der Waals surface area contributed by atoms with Crippen molar-refractivity contribution in [3.8, 4) is 0 Å². The number of amides is 2. The van der Waals surface area contributed by atoms with E-state index in [1.54, 1.807) is 10.9 Å². The van der Waals surface area contributed by atoms with Crippen LogP contribution >= 0.6 is 0 Å². The second-order valence-electron chi connectivity index (χ2n) is 4.47. The molecule has 1 aromatic heterocycles. The Bertz CT molecular complexity index is 562. The summed E-state index contributed by atoms with van der Waals surface area (Å²) < 4.78 is 1.74. The number of aryl methyl sites for hydroxylation is 2. The van der Waals surface area contributed by atoms with Crippen molar-refractivity contribution in [2.75, 3.05) is 0 Å². The molecule has 2 N–H and O–H groups in total. The van der Waals surface area contributed by atoms with Crippen LogP contribution in [0.1, 0.15) is 16.8 Å². The molecule has 0 bridgehead atoms. The predicted molar refractivity (Wildman–Crippen MR) is 73.5 cm³/mol. The van der Waals surface area contributed by atoms with Gasteiger partial charge in [-0.2, -0.15) is 5.10 Å². The summed E-state index contributed by atoms with van der Waals surface area (Å²) in [6.07, 6.45) is 1.71. The Morgan fingerprint density at radius 2 is 2.05 bits per heavy atom. The average Bonchev–Trinajstić information content (AvgIpc) is 2.80. The Kier molecular flexibility index (Phi) is 4.18. The van der Waals surface area contributed by atoms with Crippen molar-refractivity contribution in [2.24, 2.45) is 7.05 Å². The molecule has 5 heteroatoms. The minimum atomic E-state index is -0.178. The van der Waals surface area contributed by atoms with Gasteiger partial charge in [-0.1, -0.05) is 29.8 Å². The van der Waals surface area contributed by atoms with Crippen LogP contribution in [0.2, 0.25) is 0 Å². The Balaban J connectivity index is 1.77. The first-order valence-corrected chi connectivity index (χ1v) is 6.19. The van der Waals surface area contributed by atoms with Crippen LogP contribution in [0.5, 0.6) is 0 Å². The summed E-state index contributed by atoms with van der Waals surface area (Å²) in [6.45, 7) is 3.03. The number of aromatic nitrogens is 2. The van der Waals surface area contributed by atoms with E-state index in [9.17, 15) is 4.79 Å². The lowest BCUT2D eigenvalue weighted by Crippen LogP contribution is -2.35. The zero-order chi connectivity index (χ0) is 13.7. The summed E-state index contributed by atoms with van der Waals surface area (Å²) in [5.41, 5.74) is 3.25. The largest absolute Gasteiger partial charge is 0.334 e. The number of carbonyl (C=O) groups is 1. The highest BCUT2D eigenvalue weighted by Crippen LogP contribution is 2.03. The molecule has 2 amide bonds. The van der Waals surface area contributed by atoms with Crippen molar-refractivity contribution in [3.05, 3.63) is 53.3 Å². The highest BCUT2D eigenvalue weighted by molar-refractivity contribution is 5.73. The SMILES string of the molecule is Cc1cccc(CNC(=O)NCc2ccnn2C)c1. The average molecular weight is 258 g/mol. The van der Waals surface area contributed by atoms with E-state index in [1.165, 1.54) is 5.56 Å². The number of hydrogen-bond donors (Lipinski definition) is 2. The van der Waals surface area contributed by atoms with Crippen molar-refractivity contribution in [1.29, 1.82) is 0 Å². The van der Waals surface area contributed by atoms with Crippen LogP contribution in [0.25, 0.3) is 0 Å². The molecule has 19 heavy (non-hydrogen) atoms. The molecule has 0 saturated carbocycles. The maximum absolute atomic E-state index is 11.7. The van der Waals surface area contributed by atoms with Gasteiger partial charge in [0.15, 0.2) is 0 Å². The van der Waals surface area contributed by atoms with Crippen LogP contribution in [0.4, 0.5) is 4.79 Å². The number of nitrogens with one attached hydrogen (secondary N) is 2. The fraction of sp³-hybridized carbons (Fsp3) is 0.286. The molecule has 0 unspecified atom stereocenters. The fourth-order valence-electron chi connectivity index (χ4n) is 1.81. The quantitative estimate of drug-likeness (QED) is 0.877. The van der Waals surface area contributed by atoms with Gasteiger partial charge in [0.05, 0.1) is 12.2 Å². The van der Waals surface area contributed by atoms with Gasteiger partial charge in [-0.25, -0.2) is 4.79 Å². The van der Waals surface area contributed by atoms with Crippen LogP contribution in [-0.2, 0) is 20.1 Å². The minimum absolute atomic E-state index is 0.178. The van der Waals surface area contributed by atoms with Gasteiger partial charge in [-0.05, 0) is 18.6 Å². The van der Waals surface area contributed by atoms with E-state index >= 15 is 0 Å². The first-order valence-electron chi connectivity index (χ1n) is 6.19. The van der Waals surface area contributed by atoms with E-state index in [0.29, 0.717) is 13.1 Å². The van der Waals surface area contributed by atoms with Crippen molar-refractivity contribution in [1.82, 2.24) is 20.4 Å². The highest BCUT2D eigenvalue weighted by atomic mass is 16.2. The molecular weight excluding hydrogens is 240 g/mol. The van der Waals surface area contributed by atoms with Gasteiger partial charge in [0.1, 0.15) is 0 Å². The topological polar surface area (TPSA) is 59.0 Å². The molecule has 0 aliphatic carbocycles. The van der Waals surface area contributed by atoms with Crippen LogP contribution in [-0.4, -0.2) is 15.8 Å².